The van der Waals surface area contributed by atoms with E-state index in [9.17, 15) is 4.39 Å². The minimum atomic E-state index is -0.184. The van der Waals surface area contributed by atoms with Crippen LogP contribution >= 0.6 is 0 Å². The SMILES string of the molecule is CC1=[C-]C(C)C(C)=C1C.C[Si](C)=[Zr+2].Fc1ccc2[cH-]cc(-c3ccccc3)c2c1.[Cl-].[Cl-]. The molecule has 0 amide bonds. The van der Waals surface area contributed by atoms with Gasteiger partial charge in [-0.2, -0.15) is 11.1 Å². The van der Waals surface area contributed by atoms with Crippen molar-refractivity contribution < 1.29 is 52.5 Å². The fourth-order valence-electron chi connectivity index (χ4n) is 3.20. The van der Waals surface area contributed by atoms with E-state index >= 15 is 0 Å². The van der Waals surface area contributed by atoms with Crippen LogP contribution in [0.5, 0.6) is 0 Å². The van der Waals surface area contributed by atoms with Crippen LogP contribution < -0.4 is 24.8 Å². The topological polar surface area (TPSA) is 0 Å². The Morgan fingerprint density at radius 1 is 1.00 bits per heavy atom. The first-order valence-electron chi connectivity index (χ1n) is 9.90. The van der Waals surface area contributed by atoms with Crippen LogP contribution in [0.1, 0.15) is 27.7 Å². The summed E-state index contributed by atoms with van der Waals surface area (Å²) in [4.78, 5) is 0. The summed E-state index contributed by atoms with van der Waals surface area (Å²) in [6.07, 6.45) is 3.36. The van der Waals surface area contributed by atoms with Crippen molar-refractivity contribution in [1.82, 2.24) is 0 Å². The molecule has 1 atom stereocenters. The standard InChI is InChI=1S/C15H10F.C9H13.C2H6Si.2ClH.Zr/c16-13-8-6-12-7-9-14(15(12)10-13)11-4-2-1-3-5-11;1-6-5-7(2)9(4)8(6)3;1-3-2;;;/h1-10H;6H,1-4H3;1-2H3;2*1H;/q2*-1;;;;+2/p-2. The van der Waals surface area contributed by atoms with E-state index in [0.717, 1.165) is 21.9 Å². The van der Waals surface area contributed by atoms with E-state index in [-0.39, 0.29) is 36.1 Å². The van der Waals surface area contributed by atoms with Gasteiger partial charge in [-0.3, -0.25) is 6.08 Å². The molecular weight excluding hydrogens is 522 g/mol. The Balaban J connectivity index is 0.000000516. The van der Waals surface area contributed by atoms with Crippen molar-refractivity contribution in [2.24, 2.45) is 5.92 Å². The van der Waals surface area contributed by atoms with E-state index in [0.29, 0.717) is 5.92 Å². The quantitative estimate of drug-likeness (QED) is 0.321. The van der Waals surface area contributed by atoms with Crippen molar-refractivity contribution in [3.8, 4) is 11.1 Å². The Morgan fingerprint density at radius 3 is 2.03 bits per heavy atom. The first kappa shape index (κ1) is 30.1. The van der Waals surface area contributed by atoms with Gasteiger partial charge >= 0.3 is 41.9 Å². The van der Waals surface area contributed by atoms with E-state index < -0.39 is 0 Å². The molecule has 0 spiro atoms. The number of allylic oxidation sites excluding steroid dienone is 4. The Bertz CT molecular complexity index is 1050. The molecule has 1 unspecified atom stereocenters. The molecule has 5 heteroatoms. The van der Waals surface area contributed by atoms with Crippen LogP contribution in [0.15, 0.2) is 77.4 Å². The molecule has 0 nitrogen and oxygen atoms in total. The Morgan fingerprint density at radius 2 is 1.58 bits per heavy atom. The maximum Gasteiger partial charge on any atom is 0.104 e. The molecule has 4 rings (SSSR count). The van der Waals surface area contributed by atoms with Crippen molar-refractivity contribution in [2.75, 3.05) is 0 Å². The van der Waals surface area contributed by atoms with Gasteiger partial charge in [0.15, 0.2) is 0 Å². The van der Waals surface area contributed by atoms with Crippen LogP contribution in [-0.2, 0) is 23.3 Å². The van der Waals surface area contributed by atoms with Crippen LogP contribution in [0.25, 0.3) is 21.9 Å². The molecule has 0 aromatic heterocycles. The van der Waals surface area contributed by atoms with Gasteiger partial charge in [0.25, 0.3) is 0 Å². The third kappa shape index (κ3) is 8.89. The molecule has 0 radical (unpaired) electrons. The zero-order valence-electron chi connectivity index (χ0n) is 19.0. The van der Waals surface area contributed by atoms with Crippen molar-refractivity contribution in [2.45, 2.75) is 40.8 Å². The Hall–Kier alpha value is -0.860. The normalized spacial score (nSPS) is 14.4. The van der Waals surface area contributed by atoms with Gasteiger partial charge in [0.1, 0.15) is 5.82 Å². The van der Waals surface area contributed by atoms with Crippen molar-refractivity contribution in [3.05, 3.63) is 89.3 Å². The zero-order valence-corrected chi connectivity index (χ0v) is 24.0. The van der Waals surface area contributed by atoms with Crippen LogP contribution in [0, 0.1) is 17.8 Å². The molecule has 0 heterocycles. The van der Waals surface area contributed by atoms with Crippen molar-refractivity contribution in [1.29, 1.82) is 0 Å². The van der Waals surface area contributed by atoms with Gasteiger partial charge in [-0.05, 0) is 0 Å². The maximum absolute atomic E-state index is 13.2. The summed E-state index contributed by atoms with van der Waals surface area (Å²) in [6.45, 7) is 13.3. The molecule has 3 aromatic carbocycles. The summed E-state index contributed by atoms with van der Waals surface area (Å²) >= 11 is 1.74. The molecule has 0 saturated heterocycles. The molecule has 0 aliphatic heterocycles. The van der Waals surface area contributed by atoms with E-state index in [1.165, 1.54) is 22.8 Å². The zero-order chi connectivity index (χ0) is 21.6. The van der Waals surface area contributed by atoms with E-state index in [1.54, 1.807) is 29.4 Å². The van der Waals surface area contributed by atoms with Gasteiger partial charge in [-0.1, -0.05) is 74.7 Å². The van der Waals surface area contributed by atoms with Crippen molar-refractivity contribution in [3.63, 3.8) is 0 Å². The number of halogens is 3. The van der Waals surface area contributed by atoms with Crippen LogP contribution in [-0.4, -0.2) is 5.43 Å². The minimum Gasteiger partial charge on any atom is -1.00 e. The van der Waals surface area contributed by atoms with Gasteiger partial charge in [0, 0.05) is 0 Å². The van der Waals surface area contributed by atoms with Crippen LogP contribution in [0.4, 0.5) is 4.39 Å². The van der Waals surface area contributed by atoms with Gasteiger partial charge in [-0.15, -0.1) is 41.5 Å². The van der Waals surface area contributed by atoms with Gasteiger partial charge in [0.2, 0.25) is 0 Å². The average Bonchev–Trinajstić information content (AvgIpc) is 3.19. The fourth-order valence-corrected chi connectivity index (χ4v) is 3.20. The summed E-state index contributed by atoms with van der Waals surface area (Å²) in [5.74, 6) is 0.376. The maximum atomic E-state index is 13.2. The van der Waals surface area contributed by atoms with Gasteiger partial charge in [0.05, 0.1) is 0 Å². The number of rotatable bonds is 1. The fraction of sp³-hybridized carbons (Fsp3) is 0.269. The van der Waals surface area contributed by atoms with E-state index in [1.807, 2.05) is 48.5 Å². The molecule has 0 saturated carbocycles. The number of hydrogen-bond acceptors (Lipinski definition) is 0. The second-order valence-electron chi connectivity index (χ2n) is 7.64. The first-order valence-corrected chi connectivity index (χ1v) is 16.1. The average molecular weight is 551 g/mol. The number of benzene rings is 2. The van der Waals surface area contributed by atoms with Gasteiger partial charge < -0.3 is 24.8 Å². The number of hydrogen-bond donors (Lipinski definition) is 0. The van der Waals surface area contributed by atoms with E-state index in [2.05, 4.69) is 46.9 Å². The van der Waals surface area contributed by atoms with Crippen LogP contribution in [0.2, 0.25) is 13.1 Å². The smallest absolute Gasteiger partial charge is 0.104 e. The largest absolute Gasteiger partial charge is 1.00 e. The van der Waals surface area contributed by atoms with Gasteiger partial charge in [-0.25, -0.2) is 9.96 Å². The monoisotopic (exact) mass is 548 g/mol. The van der Waals surface area contributed by atoms with Crippen molar-refractivity contribution >= 4 is 16.2 Å². The summed E-state index contributed by atoms with van der Waals surface area (Å²) in [6, 6.07) is 19.0. The third-order valence-corrected chi connectivity index (χ3v) is 5.06. The summed E-state index contributed by atoms with van der Waals surface area (Å²) in [5, 5.41) is 2.06. The molecule has 3 aromatic rings. The Kier molecular flexibility index (Phi) is 13.9. The van der Waals surface area contributed by atoms with Crippen LogP contribution in [0.3, 0.4) is 0 Å². The van der Waals surface area contributed by atoms with E-state index in [4.69, 9.17) is 0 Å². The summed E-state index contributed by atoms with van der Waals surface area (Å²) in [7, 11) is 0. The number of fused-ring (bicyclic) bond motifs is 1. The third-order valence-electron chi connectivity index (χ3n) is 5.06. The molecule has 31 heavy (non-hydrogen) atoms. The second kappa shape index (κ2) is 14.3. The molecule has 0 bridgehead atoms. The predicted octanol–water partition coefficient (Wildman–Crippen LogP) is 1.88. The molecule has 1 aliphatic rings. The molecule has 0 fully saturated rings. The molecule has 1 aliphatic carbocycles. The predicted molar refractivity (Wildman–Crippen MR) is 122 cm³/mol. The molecule has 164 valence electrons. The second-order valence-corrected chi connectivity index (χ2v) is 17.0. The summed E-state index contributed by atoms with van der Waals surface area (Å²) < 4.78 is 13.2. The minimum absolute atomic E-state index is 0. The molecule has 0 N–H and O–H groups in total. The Labute approximate surface area is 214 Å². The first-order chi connectivity index (χ1) is 13.7. The summed E-state index contributed by atoms with van der Waals surface area (Å²) in [5.41, 5.74) is 6.68. The molecular formula is C26H29Cl2FSiZr-2.